The minimum atomic E-state index is -0.209. The standard InChI is InChI=1S/C15H15N5O2S/c21-14(10-8-23-15(19-10)11-4-2-6-22-11)17-7-12-18-9-3-1-5-16-13(9)20-12/h1,3,5,8,11H,2,4,6-7H2,(H,17,21)(H,16,18,20). The van der Waals surface area contributed by atoms with Gasteiger partial charge in [-0.2, -0.15) is 0 Å². The molecule has 1 atom stereocenters. The van der Waals surface area contributed by atoms with E-state index in [1.54, 1.807) is 11.6 Å². The maximum absolute atomic E-state index is 12.2. The predicted molar refractivity (Wildman–Crippen MR) is 85.1 cm³/mol. The highest BCUT2D eigenvalue weighted by atomic mass is 32.1. The molecule has 3 aromatic heterocycles. The molecule has 0 aliphatic carbocycles. The van der Waals surface area contributed by atoms with E-state index in [-0.39, 0.29) is 12.0 Å². The highest BCUT2D eigenvalue weighted by Gasteiger charge is 2.22. The highest BCUT2D eigenvalue weighted by Crippen LogP contribution is 2.30. The molecule has 8 heteroatoms. The Morgan fingerprint density at radius 2 is 2.43 bits per heavy atom. The van der Waals surface area contributed by atoms with E-state index in [2.05, 4.69) is 25.3 Å². The number of ether oxygens (including phenoxy) is 1. The second-order valence-corrected chi connectivity index (χ2v) is 6.20. The number of fused-ring (bicyclic) bond motifs is 1. The third-order valence-corrected chi connectivity index (χ3v) is 4.62. The third kappa shape index (κ3) is 2.95. The molecule has 0 bridgehead atoms. The quantitative estimate of drug-likeness (QED) is 0.765. The van der Waals surface area contributed by atoms with Crippen LogP contribution in [0.3, 0.4) is 0 Å². The van der Waals surface area contributed by atoms with Crippen molar-refractivity contribution < 1.29 is 9.53 Å². The van der Waals surface area contributed by atoms with Gasteiger partial charge in [0.2, 0.25) is 0 Å². The molecule has 1 aliphatic heterocycles. The molecule has 4 heterocycles. The van der Waals surface area contributed by atoms with Gasteiger partial charge in [0.25, 0.3) is 5.91 Å². The number of hydrogen-bond donors (Lipinski definition) is 2. The van der Waals surface area contributed by atoms with Crippen LogP contribution in [0.15, 0.2) is 23.7 Å². The van der Waals surface area contributed by atoms with Crippen molar-refractivity contribution in [1.82, 2.24) is 25.3 Å². The monoisotopic (exact) mass is 329 g/mol. The molecule has 2 N–H and O–H groups in total. The summed E-state index contributed by atoms with van der Waals surface area (Å²) in [5, 5.41) is 5.47. The lowest BCUT2D eigenvalue weighted by Crippen LogP contribution is -2.23. The van der Waals surface area contributed by atoms with E-state index in [1.807, 2.05) is 12.1 Å². The van der Waals surface area contributed by atoms with Crippen molar-refractivity contribution in [2.24, 2.45) is 0 Å². The van der Waals surface area contributed by atoms with Crippen LogP contribution in [-0.4, -0.2) is 32.4 Å². The smallest absolute Gasteiger partial charge is 0.271 e. The Balaban J connectivity index is 1.41. The summed E-state index contributed by atoms with van der Waals surface area (Å²) in [6.07, 6.45) is 3.75. The topological polar surface area (TPSA) is 92.8 Å². The van der Waals surface area contributed by atoms with Gasteiger partial charge in [0.15, 0.2) is 5.65 Å². The number of H-pyrrole nitrogens is 1. The van der Waals surface area contributed by atoms with Crippen LogP contribution in [-0.2, 0) is 11.3 Å². The van der Waals surface area contributed by atoms with E-state index in [0.717, 1.165) is 30.0 Å². The molecule has 0 aromatic carbocycles. The molecule has 1 fully saturated rings. The van der Waals surface area contributed by atoms with Gasteiger partial charge in [0.05, 0.1) is 12.1 Å². The number of pyridine rings is 1. The van der Waals surface area contributed by atoms with E-state index >= 15 is 0 Å². The second kappa shape index (κ2) is 6.05. The van der Waals surface area contributed by atoms with Crippen molar-refractivity contribution in [2.75, 3.05) is 6.61 Å². The van der Waals surface area contributed by atoms with E-state index in [1.165, 1.54) is 11.3 Å². The SMILES string of the molecule is O=C(NCc1nc2ncccc2[nH]1)c1csc(C2CCCO2)n1. The molecule has 0 saturated carbocycles. The molecule has 118 valence electrons. The Bertz CT molecular complexity index is 804. The third-order valence-electron chi connectivity index (χ3n) is 3.68. The first kappa shape index (κ1) is 14.3. The molecule has 1 aliphatic rings. The van der Waals surface area contributed by atoms with Crippen molar-refractivity contribution in [3.8, 4) is 0 Å². The maximum Gasteiger partial charge on any atom is 0.271 e. The van der Waals surface area contributed by atoms with Crippen LogP contribution < -0.4 is 5.32 Å². The average Bonchev–Trinajstić information content (AvgIpc) is 3.31. The summed E-state index contributed by atoms with van der Waals surface area (Å²) in [6, 6.07) is 3.74. The molecule has 23 heavy (non-hydrogen) atoms. The van der Waals surface area contributed by atoms with Crippen LogP contribution in [0, 0.1) is 0 Å². The minimum Gasteiger partial charge on any atom is -0.371 e. The summed E-state index contributed by atoms with van der Waals surface area (Å²) < 4.78 is 5.59. The fourth-order valence-electron chi connectivity index (χ4n) is 2.55. The number of nitrogens with one attached hydrogen (secondary N) is 2. The molecular formula is C15H15N5O2S. The van der Waals surface area contributed by atoms with Crippen molar-refractivity contribution in [3.05, 3.63) is 40.2 Å². The number of carbonyl (C=O) groups is 1. The van der Waals surface area contributed by atoms with Crippen molar-refractivity contribution in [3.63, 3.8) is 0 Å². The second-order valence-electron chi connectivity index (χ2n) is 5.31. The van der Waals surface area contributed by atoms with Gasteiger partial charge in [-0.15, -0.1) is 11.3 Å². The lowest BCUT2D eigenvalue weighted by Gasteiger charge is -2.03. The van der Waals surface area contributed by atoms with Crippen molar-refractivity contribution >= 4 is 28.4 Å². The minimum absolute atomic E-state index is 0.0444. The summed E-state index contributed by atoms with van der Waals surface area (Å²) in [4.78, 5) is 28.2. The van der Waals surface area contributed by atoms with Crippen LogP contribution in [0.2, 0.25) is 0 Å². The van der Waals surface area contributed by atoms with E-state index in [4.69, 9.17) is 4.74 Å². The Hall–Kier alpha value is -2.32. The number of carbonyl (C=O) groups excluding carboxylic acids is 1. The number of imidazole rings is 1. The number of amides is 1. The van der Waals surface area contributed by atoms with Crippen LogP contribution in [0.4, 0.5) is 0 Å². The lowest BCUT2D eigenvalue weighted by atomic mass is 10.2. The van der Waals surface area contributed by atoms with Gasteiger partial charge in [-0.3, -0.25) is 4.79 Å². The molecule has 4 rings (SSSR count). The molecule has 1 amide bonds. The first-order valence-electron chi connectivity index (χ1n) is 7.44. The van der Waals surface area contributed by atoms with Crippen LogP contribution in [0.25, 0.3) is 11.2 Å². The normalized spacial score (nSPS) is 17.7. The maximum atomic E-state index is 12.2. The summed E-state index contributed by atoms with van der Waals surface area (Å²) in [7, 11) is 0. The fourth-order valence-corrected chi connectivity index (χ4v) is 3.43. The number of thiazole rings is 1. The van der Waals surface area contributed by atoms with Crippen molar-refractivity contribution in [2.45, 2.75) is 25.5 Å². The predicted octanol–water partition coefficient (Wildman–Crippen LogP) is 2.20. The number of aromatic amines is 1. The first-order valence-corrected chi connectivity index (χ1v) is 8.32. The Labute approximate surface area is 136 Å². The first-order chi connectivity index (χ1) is 11.3. The zero-order chi connectivity index (χ0) is 15.6. The molecule has 1 saturated heterocycles. The van der Waals surface area contributed by atoms with E-state index in [0.29, 0.717) is 23.7 Å². The van der Waals surface area contributed by atoms with Gasteiger partial charge in [0.1, 0.15) is 22.6 Å². The van der Waals surface area contributed by atoms with Gasteiger partial charge < -0.3 is 15.0 Å². The Morgan fingerprint density at radius 1 is 1.48 bits per heavy atom. The van der Waals surface area contributed by atoms with Gasteiger partial charge in [0, 0.05) is 18.2 Å². The number of aromatic nitrogens is 4. The molecule has 0 radical (unpaired) electrons. The van der Waals surface area contributed by atoms with Crippen molar-refractivity contribution in [1.29, 1.82) is 0 Å². The molecule has 1 unspecified atom stereocenters. The summed E-state index contributed by atoms with van der Waals surface area (Å²) in [5.41, 5.74) is 1.92. The zero-order valence-electron chi connectivity index (χ0n) is 12.3. The van der Waals surface area contributed by atoms with E-state index < -0.39 is 0 Å². The largest absolute Gasteiger partial charge is 0.371 e. The van der Waals surface area contributed by atoms with Crippen LogP contribution >= 0.6 is 11.3 Å². The number of nitrogens with zero attached hydrogens (tertiary/aromatic N) is 3. The average molecular weight is 329 g/mol. The van der Waals surface area contributed by atoms with E-state index in [9.17, 15) is 4.79 Å². The number of hydrogen-bond acceptors (Lipinski definition) is 6. The lowest BCUT2D eigenvalue weighted by molar-refractivity contribution is 0.0942. The molecule has 3 aromatic rings. The Kier molecular flexibility index (Phi) is 3.76. The molecule has 7 nitrogen and oxygen atoms in total. The zero-order valence-corrected chi connectivity index (χ0v) is 13.1. The summed E-state index contributed by atoms with van der Waals surface area (Å²) >= 11 is 1.47. The van der Waals surface area contributed by atoms with Gasteiger partial charge in [-0.25, -0.2) is 15.0 Å². The van der Waals surface area contributed by atoms with Gasteiger partial charge >= 0.3 is 0 Å². The molecule has 0 spiro atoms. The number of rotatable bonds is 4. The van der Waals surface area contributed by atoms with Crippen LogP contribution in [0.1, 0.15) is 40.3 Å². The highest BCUT2D eigenvalue weighted by molar-refractivity contribution is 7.09. The van der Waals surface area contributed by atoms with Crippen LogP contribution in [0.5, 0.6) is 0 Å². The van der Waals surface area contributed by atoms with Gasteiger partial charge in [-0.05, 0) is 25.0 Å². The summed E-state index contributed by atoms with van der Waals surface area (Å²) in [5.74, 6) is 0.459. The molecular weight excluding hydrogens is 314 g/mol. The fraction of sp³-hybridized carbons (Fsp3) is 0.333. The summed E-state index contributed by atoms with van der Waals surface area (Å²) in [6.45, 7) is 1.08. The van der Waals surface area contributed by atoms with Gasteiger partial charge in [-0.1, -0.05) is 0 Å². The Morgan fingerprint density at radius 3 is 3.26 bits per heavy atom.